The van der Waals surface area contributed by atoms with Gasteiger partial charge in [-0.15, -0.1) is 0 Å². The molecule has 0 aromatic carbocycles. The second-order valence-electron chi connectivity index (χ2n) is 5.77. The molecule has 0 aliphatic rings. The quantitative estimate of drug-likeness (QED) is 0.232. The van der Waals surface area contributed by atoms with Gasteiger partial charge in [-0.05, 0) is 0 Å². The topological polar surface area (TPSA) is 0 Å². The van der Waals surface area contributed by atoms with Crippen LogP contribution in [0.2, 0.25) is 0 Å². The van der Waals surface area contributed by atoms with Crippen molar-refractivity contribution in [3.63, 3.8) is 0 Å². The van der Waals surface area contributed by atoms with E-state index < -0.39 is 0 Å². The molecule has 0 rings (SSSR count). The number of hydrogen-bond acceptors (Lipinski definition) is 0. The number of hydrogen-bond donors (Lipinski definition) is 0. The molecule has 0 N–H and O–H groups in total. The molecule has 0 aromatic heterocycles. The van der Waals surface area contributed by atoms with Crippen LogP contribution < -0.4 is 0 Å². The summed E-state index contributed by atoms with van der Waals surface area (Å²) < 4.78 is 2.22. The molecular weight excluding hydrogens is 344 g/mol. The van der Waals surface area contributed by atoms with Gasteiger partial charge in [0.15, 0.2) is 0 Å². The molecule has 19 heavy (non-hydrogen) atoms. The van der Waals surface area contributed by atoms with Gasteiger partial charge in [0.05, 0.1) is 0 Å². The molecule has 0 aliphatic heterocycles. The van der Waals surface area contributed by atoms with Crippen molar-refractivity contribution in [1.82, 2.24) is 0 Å². The second kappa shape index (κ2) is 18.5. The van der Waals surface area contributed by atoms with Crippen LogP contribution in [0.5, 0.6) is 0 Å². The second-order valence-corrected chi connectivity index (χ2v) is 6.62. The zero-order valence-corrected chi connectivity index (χ0v) is 15.8. The number of unbranched alkanes of at least 4 members (excludes halogenated alkanes) is 14. The van der Waals surface area contributed by atoms with E-state index in [0.717, 1.165) is 0 Å². The number of allylic oxidation sites excluding steroid dienone is 1. The molecule has 0 saturated heterocycles. The fourth-order valence-corrected chi connectivity index (χ4v) is 2.96. The average molecular weight is 380 g/mol. The Kier molecular flexibility index (Phi) is 19.0. The fourth-order valence-electron chi connectivity index (χ4n) is 2.53. The van der Waals surface area contributed by atoms with Crippen LogP contribution in [0.3, 0.4) is 0 Å². The zero-order valence-electron chi connectivity index (χ0n) is 13.2. The molecule has 0 nitrogen and oxygen atoms in total. The van der Waals surface area contributed by atoms with Crippen molar-refractivity contribution in [3.05, 3.63) is 10.2 Å². The van der Waals surface area contributed by atoms with Gasteiger partial charge in [0.1, 0.15) is 0 Å². The third-order valence-electron chi connectivity index (χ3n) is 3.83. The van der Waals surface area contributed by atoms with Crippen molar-refractivity contribution in [3.8, 4) is 0 Å². The summed E-state index contributed by atoms with van der Waals surface area (Å²) in [6.45, 7) is 2.29. The summed E-state index contributed by atoms with van der Waals surface area (Å²) in [5.41, 5.74) is 0. The maximum absolute atomic E-state index is 2.31. The fraction of sp³-hybridized carbons (Fsp3) is 0.889. The van der Waals surface area contributed by atoms with Gasteiger partial charge in [0.25, 0.3) is 0 Å². The summed E-state index contributed by atoms with van der Waals surface area (Å²) in [4.78, 5) is 0. The molecule has 0 aromatic rings. The molecule has 0 unspecified atom stereocenters. The van der Waals surface area contributed by atoms with Gasteiger partial charge in [-0.1, -0.05) is 39.0 Å². The monoisotopic (exact) mass is 382 g/mol. The molecule has 0 bridgehead atoms. The van der Waals surface area contributed by atoms with Crippen molar-refractivity contribution < 1.29 is 0 Å². The van der Waals surface area contributed by atoms with E-state index in [4.69, 9.17) is 0 Å². The van der Waals surface area contributed by atoms with Crippen LogP contribution in [0.4, 0.5) is 0 Å². The van der Waals surface area contributed by atoms with Crippen LogP contribution in [0, 0.1) is 0 Å². The molecule has 0 atom stereocenters. The van der Waals surface area contributed by atoms with Gasteiger partial charge in [0.2, 0.25) is 0 Å². The Bertz CT molecular complexity index is 175. The van der Waals surface area contributed by atoms with Gasteiger partial charge in [-0.25, -0.2) is 0 Å². The Balaban J connectivity index is 2.91. The molecule has 0 aliphatic carbocycles. The first-order chi connectivity index (χ1) is 9.41. The van der Waals surface area contributed by atoms with E-state index in [1.165, 1.54) is 96.3 Å². The summed E-state index contributed by atoms with van der Waals surface area (Å²) >= 11 is 1.80. The molecule has 0 radical (unpaired) electrons. The van der Waals surface area contributed by atoms with E-state index in [0.29, 0.717) is 0 Å². The predicted octanol–water partition coefficient (Wildman–Crippen LogP) is 6.27. The Hall–Kier alpha value is 0.530. The van der Waals surface area contributed by atoms with Crippen LogP contribution >= 0.6 is 0 Å². The van der Waals surface area contributed by atoms with Crippen LogP contribution in [-0.2, 0) is 0 Å². The first-order valence-electron chi connectivity index (χ1n) is 8.71. The van der Waals surface area contributed by atoms with E-state index in [9.17, 15) is 0 Å². The summed E-state index contributed by atoms with van der Waals surface area (Å²) in [6.07, 6.45) is 24.0. The number of rotatable bonds is 15. The first kappa shape index (κ1) is 19.5. The van der Waals surface area contributed by atoms with E-state index in [1.807, 2.05) is 0 Å². The van der Waals surface area contributed by atoms with E-state index in [-0.39, 0.29) is 0 Å². The zero-order chi connectivity index (χ0) is 14.0. The Morgan fingerprint density at radius 2 is 0.947 bits per heavy atom. The molecule has 0 saturated carbocycles. The molecule has 1 heteroatoms. The third kappa shape index (κ3) is 18.5. The van der Waals surface area contributed by atoms with E-state index in [1.54, 1.807) is 22.3 Å². The van der Waals surface area contributed by atoms with Crippen LogP contribution in [0.25, 0.3) is 0 Å². The van der Waals surface area contributed by atoms with E-state index in [2.05, 4.69) is 17.1 Å². The van der Waals surface area contributed by atoms with Gasteiger partial charge >= 0.3 is 96.7 Å². The molecule has 0 amide bonds. The van der Waals surface area contributed by atoms with Crippen LogP contribution in [0.15, 0.2) is 10.2 Å². The van der Waals surface area contributed by atoms with Crippen LogP contribution in [0.1, 0.15) is 103 Å². The van der Waals surface area contributed by atoms with E-state index >= 15 is 0 Å². The summed E-state index contributed by atoms with van der Waals surface area (Å²) in [5, 5.41) is 0. The molecule has 0 fully saturated rings. The van der Waals surface area contributed by atoms with Crippen molar-refractivity contribution >= 4 is 22.3 Å². The molecule has 0 spiro atoms. The minimum absolute atomic E-state index is 1.30. The van der Waals surface area contributed by atoms with Gasteiger partial charge < -0.3 is 0 Å². The maximum atomic E-state index is 2.31. The minimum atomic E-state index is 1.30. The summed E-state index contributed by atoms with van der Waals surface area (Å²) in [7, 11) is 0. The molecule has 114 valence electrons. The SMILES string of the molecule is CCCCCCCCCCCCCCCCC=C[TeH]. The van der Waals surface area contributed by atoms with Gasteiger partial charge in [0, 0.05) is 0 Å². The van der Waals surface area contributed by atoms with Crippen molar-refractivity contribution in [2.45, 2.75) is 103 Å². The van der Waals surface area contributed by atoms with Gasteiger partial charge in [-0.3, -0.25) is 0 Å². The Morgan fingerprint density at radius 1 is 0.579 bits per heavy atom. The Morgan fingerprint density at radius 3 is 1.32 bits per heavy atom. The van der Waals surface area contributed by atoms with Crippen molar-refractivity contribution in [1.29, 1.82) is 0 Å². The molecular formula is C18H36Te. The molecule has 0 heterocycles. The first-order valence-corrected chi connectivity index (χ1v) is 10.2. The summed E-state index contributed by atoms with van der Waals surface area (Å²) in [6, 6.07) is 0. The Labute approximate surface area is 135 Å². The summed E-state index contributed by atoms with van der Waals surface area (Å²) in [5.74, 6) is 0. The average Bonchev–Trinajstić information content (AvgIpc) is 2.43. The standard InChI is InChI=1S/C18H36Te/c1-2-3-4-5-6-7-8-9-10-11-12-13-14-15-16-17-18-19/h17-19H,2-16H2,1H3. The normalized spacial score (nSPS) is 11.5. The van der Waals surface area contributed by atoms with Crippen LogP contribution in [-0.4, -0.2) is 22.3 Å². The van der Waals surface area contributed by atoms with Crippen molar-refractivity contribution in [2.75, 3.05) is 0 Å². The predicted molar refractivity (Wildman–Crippen MR) is 91.2 cm³/mol. The third-order valence-corrected chi connectivity index (χ3v) is 4.43. The van der Waals surface area contributed by atoms with Gasteiger partial charge in [-0.2, -0.15) is 0 Å². The van der Waals surface area contributed by atoms with Crippen molar-refractivity contribution in [2.24, 2.45) is 0 Å².